The average molecular weight is 213 g/mol. The van der Waals surface area contributed by atoms with Gasteiger partial charge in [-0.3, -0.25) is 0 Å². The van der Waals surface area contributed by atoms with Gasteiger partial charge in [0, 0.05) is 21.3 Å². The fourth-order valence-corrected chi connectivity index (χ4v) is 1.33. The second-order valence-corrected chi connectivity index (χ2v) is 2.99. The van der Waals surface area contributed by atoms with E-state index in [1.807, 2.05) is 0 Å². The maximum absolute atomic E-state index is 4.96. The van der Waals surface area contributed by atoms with Crippen molar-refractivity contribution < 1.29 is 14.2 Å². The molecule has 0 aliphatic heterocycles. The van der Waals surface area contributed by atoms with Crippen molar-refractivity contribution in [2.24, 2.45) is 0 Å². The first-order chi connectivity index (χ1) is 4.76. The van der Waals surface area contributed by atoms with Crippen LogP contribution in [0, 0.1) is 0 Å². The third-order valence-corrected chi connectivity index (χ3v) is 1.78. The molecule has 0 heterocycles. The van der Waals surface area contributed by atoms with Crippen LogP contribution < -0.4 is 0 Å². The summed E-state index contributed by atoms with van der Waals surface area (Å²) in [7, 11) is 4.83. The summed E-state index contributed by atoms with van der Waals surface area (Å²) in [6.45, 7) is 0.576. The van der Waals surface area contributed by atoms with Gasteiger partial charge in [0.2, 0.25) is 0 Å². The first-order valence-corrected chi connectivity index (χ1v) is 3.86. The van der Waals surface area contributed by atoms with Crippen molar-refractivity contribution in [3.8, 4) is 0 Å². The highest BCUT2D eigenvalue weighted by Crippen LogP contribution is 2.09. The predicted octanol–water partition coefficient (Wildman–Crippen LogP) is 1.02. The summed E-state index contributed by atoms with van der Waals surface area (Å²) in [4.78, 5) is 0.0903. The molecule has 3 nitrogen and oxygen atoms in total. The summed E-state index contributed by atoms with van der Waals surface area (Å²) in [6, 6.07) is 0. The van der Waals surface area contributed by atoms with Gasteiger partial charge in [-0.05, 0) is 0 Å². The highest BCUT2D eigenvalue weighted by atomic mass is 79.9. The minimum Gasteiger partial charge on any atom is -0.383 e. The van der Waals surface area contributed by atoms with Crippen molar-refractivity contribution in [3.05, 3.63) is 0 Å². The lowest BCUT2D eigenvalue weighted by Crippen LogP contribution is -2.28. The predicted molar refractivity (Wildman–Crippen MR) is 42.4 cm³/mol. The molecule has 0 bridgehead atoms. The van der Waals surface area contributed by atoms with Crippen LogP contribution >= 0.6 is 15.9 Å². The zero-order valence-corrected chi connectivity index (χ0v) is 8.05. The number of alkyl halides is 1. The van der Waals surface area contributed by atoms with E-state index in [-0.39, 0.29) is 11.1 Å². The van der Waals surface area contributed by atoms with E-state index in [9.17, 15) is 0 Å². The number of hydrogen-bond donors (Lipinski definition) is 0. The summed E-state index contributed by atoms with van der Waals surface area (Å²) in [6.07, 6.45) is -0.236. The first-order valence-electron chi connectivity index (χ1n) is 2.94. The molecule has 10 heavy (non-hydrogen) atoms. The Labute approximate surface area is 69.8 Å². The summed E-state index contributed by atoms with van der Waals surface area (Å²) in [5.74, 6) is 0. The van der Waals surface area contributed by atoms with Gasteiger partial charge in [0.25, 0.3) is 0 Å². The molecule has 0 rings (SSSR count). The topological polar surface area (TPSA) is 27.7 Å². The van der Waals surface area contributed by atoms with Crippen LogP contribution in [0.5, 0.6) is 0 Å². The van der Waals surface area contributed by atoms with Crippen LogP contribution in [0.4, 0.5) is 0 Å². The molecule has 0 fully saturated rings. The van der Waals surface area contributed by atoms with Crippen molar-refractivity contribution >= 4 is 15.9 Å². The van der Waals surface area contributed by atoms with E-state index in [1.54, 1.807) is 21.3 Å². The van der Waals surface area contributed by atoms with Crippen molar-refractivity contribution in [2.45, 2.75) is 11.1 Å². The molecule has 0 spiro atoms. The van der Waals surface area contributed by atoms with Crippen molar-refractivity contribution in [1.29, 1.82) is 0 Å². The molecule has 0 unspecified atom stereocenters. The minimum absolute atomic E-state index is 0.0903. The third kappa shape index (κ3) is 3.51. The van der Waals surface area contributed by atoms with E-state index in [1.165, 1.54) is 0 Å². The van der Waals surface area contributed by atoms with Gasteiger partial charge in [0.1, 0.15) is 0 Å². The summed E-state index contributed by atoms with van der Waals surface area (Å²) >= 11 is 3.35. The SMILES string of the molecule is COC[C@H](Br)C(OC)OC. The van der Waals surface area contributed by atoms with Gasteiger partial charge in [-0.15, -0.1) is 0 Å². The lowest BCUT2D eigenvalue weighted by Gasteiger charge is -2.18. The highest BCUT2D eigenvalue weighted by Gasteiger charge is 2.16. The quantitative estimate of drug-likeness (QED) is 0.504. The molecule has 0 aliphatic carbocycles. The van der Waals surface area contributed by atoms with Gasteiger partial charge in [0.15, 0.2) is 6.29 Å². The second kappa shape index (κ2) is 6.09. The fraction of sp³-hybridized carbons (Fsp3) is 1.00. The van der Waals surface area contributed by atoms with Crippen molar-refractivity contribution in [3.63, 3.8) is 0 Å². The molecule has 0 aliphatic rings. The Morgan fingerprint density at radius 2 is 1.70 bits per heavy atom. The Bertz CT molecular complexity index is 75.4. The Kier molecular flexibility index (Phi) is 6.31. The van der Waals surface area contributed by atoms with Gasteiger partial charge >= 0.3 is 0 Å². The maximum Gasteiger partial charge on any atom is 0.171 e. The molecular weight excluding hydrogens is 200 g/mol. The molecule has 0 aromatic heterocycles. The van der Waals surface area contributed by atoms with Crippen molar-refractivity contribution in [2.75, 3.05) is 27.9 Å². The van der Waals surface area contributed by atoms with Crippen LogP contribution in [0.2, 0.25) is 0 Å². The molecular formula is C6H13BrO3. The molecule has 0 amide bonds. The Morgan fingerprint density at radius 3 is 2.00 bits per heavy atom. The molecule has 0 radical (unpaired) electrons. The number of rotatable bonds is 5. The molecule has 4 heteroatoms. The Morgan fingerprint density at radius 1 is 1.20 bits per heavy atom. The number of ether oxygens (including phenoxy) is 3. The molecule has 0 aromatic rings. The monoisotopic (exact) mass is 212 g/mol. The minimum atomic E-state index is -0.236. The molecule has 0 saturated carbocycles. The zero-order chi connectivity index (χ0) is 7.98. The van der Waals surface area contributed by atoms with Crippen LogP contribution in [0.25, 0.3) is 0 Å². The van der Waals surface area contributed by atoms with Gasteiger partial charge in [-0.1, -0.05) is 15.9 Å². The summed E-state index contributed by atoms with van der Waals surface area (Å²) in [5.41, 5.74) is 0. The van der Waals surface area contributed by atoms with E-state index in [2.05, 4.69) is 15.9 Å². The largest absolute Gasteiger partial charge is 0.383 e. The van der Waals surface area contributed by atoms with E-state index < -0.39 is 0 Å². The van der Waals surface area contributed by atoms with E-state index in [0.29, 0.717) is 6.61 Å². The lowest BCUT2D eigenvalue weighted by atomic mass is 10.4. The fourth-order valence-electron chi connectivity index (χ4n) is 0.629. The number of methoxy groups -OCH3 is 3. The smallest absolute Gasteiger partial charge is 0.171 e. The van der Waals surface area contributed by atoms with Crippen molar-refractivity contribution in [1.82, 2.24) is 0 Å². The zero-order valence-electron chi connectivity index (χ0n) is 6.46. The summed E-state index contributed by atoms with van der Waals surface area (Å²) < 4.78 is 14.8. The third-order valence-electron chi connectivity index (χ3n) is 1.09. The second-order valence-electron chi connectivity index (χ2n) is 1.81. The van der Waals surface area contributed by atoms with Gasteiger partial charge in [0.05, 0.1) is 11.4 Å². The standard InChI is InChI=1S/C6H13BrO3/c1-8-4-5(7)6(9-2)10-3/h5-6H,4H2,1-3H3/t5-/m0/s1. The van der Waals surface area contributed by atoms with Gasteiger partial charge in [-0.25, -0.2) is 0 Å². The van der Waals surface area contributed by atoms with E-state index >= 15 is 0 Å². The van der Waals surface area contributed by atoms with E-state index in [0.717, 1.165) is 0 Å². The number of halogens is 1. The lowest BCUT2D eigenvalue weighted by molar-refractivity contribution is -0.107. The number of hydrogen-bond acceptors (Lipinski definition) is 3. The molecule has 0 aromatic carbocycles. The van der Waals surface area contributed by atoms with Gasteiger partial charge in [-0.2, -0.15) is 0 Å². The van der Waals surface area contributed by atoms with Crippen LogP contribution in [0.3, 0.4) is 0 Å². The molecule has 62 valence electrons. The van der Waals surface area contributed by atoms with E-state index in [4.69, 9.17) is 14.2 Å². The maximum atomic E-state index is 4.96. The first kappa shape index (κ1) is 10.4. The molecule has 1 atom stereocenters. The normalized spacial score (nSPS) is 14.1. The highest BCUT2D eigenvalue weighted by molar-refractivity contribution is 9.09. The summed E-state index contributed by atoms with van der Waals surface area (Å²) in [5, 5.41) is 0. The Hall–Kier alpha value is 0.360. The van der Waals surface area contributed by atoms with Crippen LogP contribution in [0.15, 0.2) is 0 Å². The van der Waals surface area contributed by atoms with Gasteiger partial charge < -0.3 is 14.2 Å². The molecule has 0 saturated heterocycles. The Balaban J connectivity index is 3.53. The van der Waals surface area contributed by atoms with Crippen LogP contribution in [-0.2, 0) is 14.2 Å². The van der Waals surface area contributed by atoms with Crippen LogP contribution in [0.1, 0.15) is 0 Å². The van der Waals surface area contributed by atoms with Crippen LogP contribution in [-0.4, -0.2) is 39.1 Å². The molecule has 0 N–H and O–H groups in total. The average Bonchev–Trinajstić information content (AvgIpc) is 1.91.